The first-order chi connectivity index (χ1) is 8.54. The molecule has 6 heteroatoms. The molecule has 0 amide bonds. The summed E-state index contributed by atoms with van der Waals surface area (Å²) in [5.41, 5.74) is 2.32. The molecule has 0 saturated carbocycles. The summed E-state index contributed by atoms with van der Waals surface area (Å²) in [7, 11) is 1.56. The number of methoxy groups -OCH3 is 1. The SMILES string of the molecule is COc1c(Br)ccc(C)c1-c1cc(C(=O)O)[nH]n1. The summed E-state index contributed by atoms with van der Waals surface area (Å²) in [5, 5.41) is 15.4. The van der Waals surface area contributed by atoms with Crippen LogP contribution < -0.4 is 4.74 Å². The van der Waals surface area contributed by atoms with Crippen molar-refractivity contribution in [2.45, 2.75) is 6.92 Å². The van der Waals surface area contributed by atoms with E-state index >= 15 is 0 Å². The number of carboxylic acid groups (broad SMARTS) is 1. The minimum absolute atomic E-state index is 0.0476. The third kappa shape index (κ3) is 2.11. The van der Waals surface area contributed by atoms with Gasteiger partial charge in [-0.25, -0.2) is 4.79 Å². The van der Waals surface area contributed by atoms with Gasteiger partial charge in [-0.2, -0.15) is 5.10 Å². The Labute approximate surface area is 112 Å². The average Bonchev–Trinajstić information content (AvgIpc) is 2.81. The van der Waals surface area contributed by atoms with Crippen molar-refractivity contribution >= 4 is 21.9 Å². The molecule has 1 aromatic carbocycles. The van der Waals surface area contributed by atoms with Crippen LogP contribution in [0.25, 0.3) is 11.3 Å². The van der Waals surface area contributed by atoms with E-state index in [0.29, 0.717) is 11.4 Å². The summed E-state index contributed by atoms with van der Waals surface area (Å²) < 4.78 is 6.13. The topological polar surface area (TPSA) is 75.2 Å². The molecule has 94 valence electrons. The van der Waals surface area contributed by atoms with Crippen LogP contribution in [0.15, 0.2) is 22.7 Å². The van der Waals surface area contributed by atoms with Crippen molar-refractivity contribution in [3.8, 4) is 17.0 Å². The van der Waals surface area contributed by atoms with Crippen molar-refractivity contribution in [1.82, 2.24) is 10.2 Å². The van der Waals surface area contributed by atoms with Crippen LogP contribution in [0.2, 0.25) is 0 Å². The minimum Gasteiger partial charge on any atom is -0.495 e. The highest BCUT2D eigenvalue weighted by molar-refractivity contribution is 9.10. The highest BCUT2D eigenvalue weighted by Crippen LogP contribution is 2.38. The monoisotopic (exact) mass is 310 g/mol. The maximum atomic E-state index is 10.8. The number of benzene rings is 1. The van der Waals surface area contributed by atoms with Gasteiger partial charge in [0.1, 0.15) is 11.4 Å². The van der Waals surface area contributed by atoms with E-state index in [4.69, 9.17) is 9.84 Å². The van der Waals surface area contributed by atoms with Crippen molar-refractivity contribution in [1.29, 1.82) is 0 Å². The van der Waals surface area contributed by atoms with Gasteiger partial charge in [0.2, 0.25) is 0 Å². The Bertz CT molecular complexity index is 607. The fraction of sp³-hybridized carbons (Fsp3) is 0.167. The number of hydrogen-bond acceptors (Lipinski definition) is 3. The Morgan fingerprint density at radius 1 is 1.50 bits per heavy atom. The highest BCUT2D eigenvalue weighted by Gasteiger charge is 2.17. The largest absolute Gasteiger partial charge is 0.495 e. The number of aryl methyl sites for hydroxylation is 1. The quantitative estimate of drug-likeness (QED) is 0.914. The number of hydrogen-bond donors (Lipinski definition) is 2. The Morgan fingerprint density at radius 2 is 2.22 bits per heavy atom. The van der Waals surface area contributed by atoms with E-state index in [2.05, 4.69) is 26.1 Å². The smallest absolute Gasteiger partial charge is 0.353 e. The Morgan fingerprint density at radius 3 is 2.78 bits per heavy atom. The zero-order chi connectivity index (χ0) is 13.3. The second kappa shape index (κ2) is 4.81. The van der Waals surface area contributed by atoms with Gasteiger partial charge in [0.05, 0.1) is 17.3 Å². The van der Waals surface area contributed by atoms with Crippen molar-refractivity contribution in [3.05, 3.63) is 33.9 Å². The summed E-state index contributed by atoms with van der Waals surface area (Å²) >= 11 is 3.40. The van der Waals surface area contributed by atoms with Crippen LogP contribution in [-0.2, 0) is 0 Å². The fourth-order valence-corrected chi connectivity index (χ4v) is 2.23. The Kier molecular flexibility index (Phi) is 3.38. The van der Waals surface area contributed by atoms with E-state index in [-0.39, 0.29) is 5.69 Å². The number of carbonyl (C=O) groups is 1. The lowest BCUT2D eigenvalue weighted by Gasteiger charge is -2.11. The molecule has 0 aliphatic carbocycles. The first-order valence-electron chi connectivity index (χ1n) is 5.16. The molecule has 5 nitrogen and oxygen atoms in total. The van der Waals surface area contributed by atoms with Gasteiger partial charge >= 0.3 is 5.97 Å². The summed E-state index contributed by atoms with van der Waals surface area (Å²) in [6.07, 6.45) is 0. The van der Waals surface area contributed by atoms with E-state index in [1.165, 1.54) is 6.07 Å². The molecule has 0 fully saturated rings. The number of aromatic carboxylic acids is 1. The number of aromatic nitrogens is 2. The van der Waals surface area contributed by atoms with Crippen molar-refractivity contribution in [2.24, 2.45) is 0 Å². The number of nitrogens with one attached hydrogen (secondary N) is 1. The van der Waals surface area contributed by atoms with Crippen LogP contribution >= 0.6 is 15.9 Å². The second-order valence-corrected chi connectivity index (χ2v) is 4.60. The number of nitrogens with zero attached hydrogens (tertiary/aromatic N) is 1. The first-order valence-corrected chi connectivity index (χ1v) is 5.96. The van der Waals surface area contributed by atoms with Gasteiger partial charge in [-0.3, -0.25) is 5.10 Å². The molecule has 0 atom stereocenters. The molecule has 0 unspecified atom stereocenters. The molecule has 1 heterocycles. The molecule has 0 spiro atoms. The lowest BCUT2D eigenvalue weighted by atomic mass is 10.0. The van der Waals surface area contributed by atoms with Gasteiger partial charge in [0.15, 0.2) is 0 Å². The van der Waals surface area contributed by atoms with Crippen LogP contribution in [0.3, 0.4) is 0 Å². The van der Waals surface area contributed by atoms with Gasteiger partial charge in [0.25, 0.3) is 0 Å². The number of carboxylic acids is 1. The average molecular weight is 311 g/mol. The summed E-state index contributed by atoms with van der Waals surface area (Å²) in [6.45, 7) is 1.92. The van der Waals surface area contributed by atoms with Gasteiger partial charge in [-0.05, 0) is 40.5 Å². The predicted octanol–water partition coefficient (Wildman–Crippen LogP) is 2.85. The van der Waals surface area contributed by atoms with Crippen molar-refractivity contribution in [3.63, 3.8) is 0 Å². The fourth-order valence-electron chi connectivity index (χ4n) is 1.73. The molecule has 0 aliphatic rings. The Balaban J connectivity index is 2.62. The highest BCUT2D eigenvalue weighted by atomic mass is 79.9. The molecular formula is C12H11BrN2O3. The van der Waals surface area contributed by atoms with Crippen LogP contribution in [-0.4, -0.2) is 28.4 Å². The predicted molar refractivity (Wildman–Crippen MR) is 70.0 cm³/mol. The number of ether oxygens (including phenoxy) is 1. The minimum atomic E-state index is -1.04. The van der Waals surface area contributed by atoms with E-state index in [1.807, 2.05) is 19.1 Å². The second-order valence-electron chi connectivity index (χ2n) is 3.74. The lowest BCUT2D eigenvalue weighted by molar-refractivity contribution is 0.0690. The third-order valence-corrected chi connectivity index (χ3v) is 3.21. The number of rotatable bonds is 3. The van der Waals surface area contributed by atoms with Gasteiger partial charge in [0, 0.05) is 5.56 Å². The zero-order valence-electron chi connectivity index (χ0n) is 9.82. The van der Waals surface area contributed by atoms with Crippen LogP contribution in [0, 0.1) is 6.92 Å². The standard InChI is InChI=1S/C12H11BrN2O3/c1-6-3-4-7(13)11(18-2)10(6)8-5-9(12(16)17)15-14-8/h3-5H,1-2H3,(H,14,15)(H,16,17). The van der Waals surface area contributed by atoms with E-state index in [0.717, 1.165) is 15.6 Å². The molecule has 0 aliphatic heterocycles. The number of H-pyrrole nitrogens is 1. The van der Waals surface area contributed by atoms with E-state index in [1.54, 1.807) is 7.11 Å². The number of halogens is 1. The maximum absolute atomic E-state index is 10.8. The molecule has 2 N–H and O–H groups in total. The summed E-state index contributed by atoms with van der Waals surface area (Å²) in [4.78, 5) is 10.8. The normalized spacial score (nSPS) is 10.4. The van der Waals surface area contributed by atoms with Gasteiger partial charge < -0.3 is 9.84 Å². The van der Waals surface area contributed by atoms with Crippen molar-refractivity contribution in [2.75, 3.05) is 7.11 Å². The summed E-state index contributed by atoms with van der Waals surface area (Å²) in [6, 6.07) is 5.28. The van der Waals surface area contributed by atoms with Crippen LogP contribution in [0.1, 0.15) is 16.1 Å². The van der Waals surface area contributed by atoms with Crippen LogP contribution in [0.5, 0.6) is 5.75 Å². The molecule has 0 saturated heterocycles. The number of aromatic amines is 1. The molecular weight excluding hydrogens is 300 g/mol. The molecule has 18 heavy (non-hydrogen) atoms. The molecule has 0 radical (unpaired) electrons. The lowest BCUT2D eigenvalue weighted by Crippen LogP contribution is -1.95. The van der Waals surface area contributed by atoms with Crippen molar-refractivity contribution < 1.29 is 14.6 Å². The zero-order valence-corrected chi connectivity index (χ0v) is 11.4. The summed E-state index contributed by atoms with van der Waals surface area (Å²) in [5.74, 6) is -0.404. The Hall–Kier alpha value is -1.82. The maximum Gasteiger partial charge on any atom is 0.353 e. The first kappa shape index (κ1) is 12.6. The molecule has 1 aromatic heterocycles. The van der Waals surface area contributed by atoms with E-state index in [9.17, 15) is 4.79 Å². The third-order valence-electron chi connectivity index (χ3n) is 2.59. The molecule has 0 bridgehead atoms. The van der Waals surface area contributed by atoms with Crippen LogP contribution in [0.4, 0.5) is 0 Å². The van der Waals surface area contributed by atoms with E-state index < -0.39 is 5.97 Å². The van der Waals surface area contributed by atoms with Gasteiger partial charge in [-0.1, -0.05) is 6.07 Å². The van der Waals surface area contributed by atoms with Gasteiger partial charge in [-0.15, -0.1) is 0 Å². The molecule has 2 rings (SSSR count). The molecule has 2 aromatic rings.